The predicted octanol–water partition coefficient (Wildman–Crippen LogP) is 4.37. The Morgan fingerprint density at radius 1 is 0.615 bits per heavy atom. The maximum atomic E-state index is 12.9. The van der Waals surface area contributed by atoms with Gasteiger partial charge in [-0.05, 0) is 19.3 Å². The van der Waals surface area contributed by atoms with E-state index in [2.05, 4.69) is 13.8 Å². The molecule has 0 rings (SSSR count). The molecule has 4 heteroatoms. The molecule has 3 N–H and O–H groups in total. The first kappa shape index (κ1) is 25.8. The van der Waals surface area contributed by atoms with Crippen molar-refractivity contribution in [2.75, 3.05) is 19.8 Å². The molecule has 0 fully saturated rings. The molecule has 0 aromatic heterocycles. The number of unbranched alkanes of at least 4 members (excludes halogenated alkanes) is 11. The smallest absolute Gasteiger partial charge is 0.102 e. The predicted molar refractivity (Wildman–Crippen MR) is 111 cm³/mol. The molecule has 0 aromatic rings. The first-order chi connectivity index (χ1) is 12.7. The van der Waals surface area contributed by atoms with Gasteiger partial charge in [0, 0.05) is 32.5 Å². The zero-order valence-corrected chi connectivity index (χ0v) is 17.7. The number of nitrogens with one attached hydrogen (secondary N) is 1. The molecule has 1 atom stereocenters. The highest BCUT2D eigenvalue weighted by atomic mass is 16.5. The molecule has 4 nitrogen and oxygen atoms in total. The molecule has 158 valence electrons. The van der Waals surface area contributed by atoms with Crippen LogP contribution in [0.15, 0.2) is 0 Å². The minimum Gasteiger partial charge on any atom is -0.634 e. The molecule has 0 saturated carbocycles. The number of rotatable bonds is 20. The summed E-state index contributed by atoms with van der Waals surface area (Å²) in [5.41, 5.74) is -0.490. The fourth-order valence-electron chi connectivity index (χ4n) is 3.97. The van der Waals surface area contributed by atoms with Crippen molar-refractivity contribution >= 4 is 0 Å². The number of aliphatic hydroxyl groups excluding tert-OH is 2. The lowest BCUT2D eigenvalue weighted by Gasteiger charge is -2.43. The van der Waals surface area contributed by atoms with E-state index in [1.54, 1.807) is 0 Å². The number of hydrogen-bond donors (Lipinski definition) is 3. The quantitative estimate of drug-likeness (QED) is 0.219. The van der Waals surface area contributed by atoms with Crippen LogP contribution in [0.4, 0.5) is 0 Å². The van der Waals surface area contributed by atoms with Gasteiger partial charge in [0.1, 0.15) is 5.54 Å². The van der Waals surface area contributed by atoms with Crippen LogP contribution in [-0.4, -0.2) is 35.5 Å². The van der Waals surface area contributed by atoms with Crippen LogP contribution < -0.4 is 5.06 Å². The summed E-state index contributed by atoms with van der Waals surface area (Å²) in [4.78, 5) is 0. The van der Waals surface area contributed by atoms with Crippen LogP contribution in [0, 0.1) is 5.21 Å². The first-order valence-electron chi connectivity index (χ1n) is 11.4. The van der Waals surface area contributed by atoms with E-state index >= 15 is 0 Å². The highest BCUT2D eigenvalue weighted by Gasteiger charge is 2.35. The van der Waals surface area contributed by atoms with E-state index in [1.807, 2.05) is 0 Å². The third-order valence-electron chi connectivity index (χ3n) is 5.79. The van der Waals surface area contributed by atoms with E-state index in [-0.39, 0.29) is 18.3 Å². The van der Waals surface area contributed by atoms with E-state index < -0.39 is 5.54 Å². The lowest BCUT2D eigenvalue weighted by Crippen LogP contribution is -3.16. The number of hydroxylamine groups is 2. The van der Waals surface area contributed by atoms with Gasteiger partial charge < -0.3 is 20.5 Å². The first-order valence-corrected chi connectivity index (χ1v) is 11.4. The molecule has 0 bridgehead atoms. The topological polar surface area (TPSA) is 68.0 Å². The molecule has 0 aliphatic carbocycles. The van der Waals surface area contributed by atoms with Crippen LogP contribution in [-0.2, 0) is 0 Å². The molecule has 0 spiro atoms. The Morgan fingerprint density at radius 2 is 1.04 bits per heavy atom. The van der Waals surface area contributed by atoms with E-state index in [0.717, 1.165) is 32.1 Å². The van der Waals surface area contributed by atoms with Gasteiger partial charge in [-0.15, -0.1) is 0 Å². The summed E-state index contributed by atoms with van der Waals surface area (Å²) in [5, 5.41) is 32.2. The molecular weight excluding hydrogens is 326 g/mol. The van der Waals surface area contributed by atoms with Gasteiger partial charge in [-0.25, -0.2) is 0 Å². The average molecular weight is 374 g/mol. The van der Waals surface area contributed by atoms with E-state index in [9.17, 15) is 15.4 Å². The van der Waals surface area contributed by atoms with Crippen LogP contribution in [0.1, 0.15) is 117 Å². The van der Waals surface area contributed by atoms with Gasteiger partial charge in [-0.3, -0.25) is 0 Å². The Balaban J connectivity index is 4.31. The minimum absolute atomic E-state index is 0.0404. The highest BCUT2D eigenvalue weighted by molar-refractivity contribution is 4.79. The normalized spacial score (nSPS) is 13.3. The van der Waals surface area contributed by atoms with Crippen LogP contribution in [0.3, 0.4) is 0 Å². The van der Waals surface area contributed by atoms with Crippen molar-refractivity contribution in [1.29, 1.82) is 0 Å². The zero-order valence-electron chi connectivity index (χ0n) is 17.7. The van der Waals surface area contributed by atoms with E-state index in [0.29, 0.717) is 19.4 Å². The molecule has 0 aliphatic rings. The maximum Gasteiger partial charge on any atom is 0.102 e. The maximum absolute atomic E-state index is 12.9. The summed E-state index contributed by atoms with van der Waals surface area (Å²) < 4.78 is 0. The summed E-state index contributed by atoms with van der Waals surface area (Å²) in [5.74, 6) is 0. The van der Waals surface area contributed by atoms with Gasteiger partial charge in [0.25, 0.3) is 0 Å². The largest absolute Gasteiger partial charge is 0.634 e. The monoisotopic (exact) mass is 373 g/mol. The molecule has 0 heterocycles. The summed E-state index contributed by atoms with van der Waals surface area (Å²) in [6.45, 7) is 5.14. The fourth-order valence-corrected chi connectivity index (χ4v) is 3.97. The van der Waals surface area contributed by atoms with Gasteiger partial charge in [0.05, 0.1) is 6.54 Å². The molecule has 0 amide bonds. The van der Waals surface area contributed by atoms with E-state index in [1.165, 1.54) is 57.8 Å². The Hall–Kier alpha value is -0.160. The lowest BCUT2D eigenvalue weighted by atomic mass is 9.85. The second kappa shape index (κ2) is 18.2. The molecular formula is C22H47NO3. The van der Waals surface area contributed by atoms with Gasteiger partial charge in [0.2, 0.25) is 0 Å². The molecule has 0 saturated heterocycles. The van der Waals surface area contributed by atoms with Crippen molar-refractivity contribution in [2.45, 2.75) is 122 Å². The Labute approximate surface area is 162 Å². The van der Waals surface area contributed by atoms with Gasteiger partial charge in [-0.2, -0.15) is 0 Å². The second-order valence-electron chi connectivity index (χ2n) is 8.04. The third kappa shape index (κ3) is 12.3. The number of quaternary nitrogens is 1. The Bertz CT molecular complexity index is 281. The van der Waals surface area contributed by atoms with Crippen molar-refractivity contribution in [1.82, 2.24) is 0 Å². The Kier molecular flexibility index (Phi) is 18.1. The molecule has 0 aromatic carbocycles. The fraction of sp³-hybridized carbons (Fsp3) is 1.00. The molecule has 26 heavy (non-hydrogen) atoms. The highest BCUT2D eigenvalue weighted by Crippen LogP contribution is 2.21. The van der Waals surface area contributed by atoms with Gasteiger partial charge in [-0.1, -0.05) is 78.1 Å². The van der Waals surface area contributed by atoms with Crippen molar-refractivity contribution < 1.29 is 15.3 Å². The van der Waals surface area contributed by atoms with Crippen LogP contribution in [0.5, 0.6) is 0 Å². The molecule has 1 unspecified atom stereocenters. The second-order valence-corrected chi connectivity index (χ2v) is 8.04. The van der Waals surface area contributed by atoms with Crippen molar-refractivity contribution in [2.24, 2.45) is 0 Å². The molecule has 0 aliphatic heterocycles. The third-order valence-corrected chi connectivity index (χ3v) is 5.79. The number of hydrogen-bond acceptors (Lipinski definition) is 3. The van der Waals surface area contributed by atoms with Crippen LogP contribution in [0.2, 0.25) is 0 Å². The SMILES string of the molecule is CCCCCCCCCC(CCO)(CCO)[NH+]([O-])CCCCCCCC. The average Bonchev–Trinajstić information content (AvgIpc) is 2.63. The van der Waals surface area contributed by atoms with Crippen LogP contribution >= 0.6 is 0 Å². The van der Waals surface area contributed by atoms with Crippen molar-refractivity contribution in [3.8, 4) is 0 Å². The van der Waals surface area contributed by atoms with Crippen molar-refractivity contribution in [3.05, 3.63) is 5.21 Å². The Morgan fingerprint density at radius 3 is 1.50 bits per heavy atom. The summed E-state index contributed by atoms with van der Waals surface area (Å²) in [7, 11) is 0. The van der Waals surface area contributed by atoms with Crippen LogP contribution in [0.25, 0.3) is 0 Å². The van der Waals surface area contributed by atoms with E-state index in [4.69, 9.17) is 0 Å². The molecule has 0 radical (unpaired) electrons. The van der Waals surface area contributed by atoms with Gasteiger partial charge >= 0.3 is 0 Å². The summed E-state index contributed by atoms with van der Waals surface area (Å²) in [6, 6.07) is 0. The number of aliphatic hydroxyl groups is 2. The summed E-state index contributed by atoms with van der Waals surface area (Å²) in [6.07, 6.45) is 17.5. The zero-order chi connectivity index (χ0) is 19.5. The standard InChI is InChI=1S/C22H47NO3/c1-3-5-7-9-11-12-14-16-22(17-20-24,18-21-25)23(26)19-15-13-10-8-6-4-2/h23-25H,3-21H2,1-2H3. The lowest BCUT2D eigenvalue weighted by molar-refractivity contribution is -0.908. The van der Waals surface area contributed by atoms with Crippen molar-refractivity contribution in [3.63, 3.8) is 0 Å². The summed E-state index contributed by atoms with van der Waals surface area (Å²) >= 11 is 0. The van der Waals surface area contributed by atoms with Gasteiger partial charge in [0.15, 0.2) is 0 Å². The minimum atomic E-state index is -0.490.